The molecule has 1 amide bonds. The smallest absolute Gasteiger partial charge is 0.306 e. The van der Waals surface area contributed by atoms with Gasteiger partial charge in [-0.15, -0.1) is 11.3 Å². The Morgan fingerprint density at radius 3 is 2.75 bits per heavy atom. The second kappa shape index (κ2) is 9.12. The fourth-order valence-electron chi connectivity index (χ4n) is 2.57. The zero-order valence-corrected chi connectivity index (χ0v) is 16.7. The van der Waals surface area contributed by atoms with Crippen LogP contribution < -0.4 is 0 Å². The molecule has 5 nitrogen and oxygen atoms in total. The molecule has 0 radical (unpaired) electrons. The Morgan fingerprint density at radius 2 is 2.00 bits per heavy atom. The maximum Gasteiger partial charge on any atom is 0.306 e. The van der Waals surface area contributed by atoms with Gasteiger partial charge in [0.15, 0.2) is 6.61 Å². The number of hydrogen-bond acceptors (Lipinski definition) is 5. The molecule has 1 aromatic heterocycles. The lowest BCUT2D eigenvalue weighted by Crippen LogP contribution is -2.31. The number of aromatic nitrogens is 1. The Morgan fingerprint density at radius 1 is 1.21 bits per heavy atom. The van der Waals surface area contributed by atoms with Crippen LogP contribution in [0.1, 0.15) is 17.0 Å². The first-order valence-electron chi connectivity index (χ1n) is 8.61. The number of carbonyl (C=O) groups is 2. The molecule has 0 bridgehead atoms. The topological polar surface area (TPSA) is 59.5 Å². The number of nitrogens with zero attached hydrogens (tertiary/aromatic N) is 2. The highest BCUT2D eigenvalue weighted by Gasteiger charge is 2.16. The number of ether oxygens (including phenoxy) is 1. The largest absolute Gasteiger partial charge is 0.456 e. The van der Waals surface area contributed by atoms with Gasteiger partial charge in [-0.25, -0.2) is 9.37 Å². The van der Waals surface area contributed by atoms with E-state index in [0.717, 1.165) is 15.2 Å². The number of fused-ring (bicyclic) bond motifs is 1. The molecule has 2 aromatic carbocycles. The van der Waals surface area contributed by atoms with Gasteiger partial charge in [0.05, 0.1) is 21.6 Å². The van der Waals surface area contributed by atoms with E-state index < -0.39 is 24.3 Å². The van der Waals surface area contributed by atoms with Gasteiger partial charge in [-0.1, -0.05) is 29.8 Å². The third-order valence-corrected chi connectivity index (χ3v) is 5.57. The Hall–Kier alpha value is -2.51. The summed E-state index contributed by atoms with van der Waals surface area (Å²) in [5, 5.41) is 1.09. The maximum atomic E-state index is 13.8. The van der Waals surface area contributed by atoms with Gasteiger partial charge in [-0.2, -0.15) is 0 Å². The number of para-hydroxylation sites is 1. The van der Waals surface area contributed by atoms with E-state index in [1.165, 1.54) is 35.4 Å². The highest BCUT2D eigenvalue weighted by molar-refractivity contribution is 7.18. The van der Waals surface area contributed by atoms with Gasteiger partial charge in [0.25, 0.3) is 5.91 Å². The zero-order chi connectivity index (χ0) is 20.1. The number of esters is 1. The van der Waals surface area contributed by atoms with Gasteiger partial charge in [0, 0.05) is 30.6 Å². The molecule has 28 heavy (non-hydrogen) atoms. The van der Waals surface area contributed by atoms with Crippen LogP contribution in [0.25, 0.3) is 10.2 Å². The number of hydrogen-bond donors (Lipinski definition) is 0. The summed E-state index contributed by atoms with van der Waals surface area (Å²) in [4.78, 5) is 29.8. The van der Waals surface area contributed by atoms with Crippen LogP contribution >= 0.6 is 22.9 Å². The lowest BCUT2D eigenvalue weighted by Gasteiger charge is -2.18. The van der Waals surface area contributed by atoms with E-state index in [-0.39, 0.29) is 23.6 Å². The van der Waals surface area contributed by atoms with Crippen molar-refractivity contribution in [1.82, 2.24) is 9.88 Å². The first-order chi connectivity index (χ1) is 13.4. The number of thiazole rings is 1. The standard InChI is InChI=1S/C20H18ClFN2O3S/c1-24(11-13-14(21)5-4-6-15(13)22)19(25)12-27-20(26)10-9-18-23-16-7-2-3-8-17(16)28-18/h2-8H,9-12H2,1H3. The third-order valence-electron chi connectivity index (χ3n) is 4.12. The van der Waals surface area contributed by atoms with E-state index in [1.807, 2.05) is 24.3 Å². The molecule has 0 saturated carbocycles. The van der Waals surface area contributed by atoms with Gasteiger partial charge >= 0.3 is 5.97 Å². The molecule has 0 unspecified atom stereocenters. The predicted molar refractivity (Wildman–Crippen MR) is 107 cm³/mol. The number of benzene rings is 2. The summed E-state index contributed by atoms with van der Waals surface area (Å²) in [5.41, 5.74) is 1.13. The molecule has 3 aromatic rings. The van der Waals surface area contributed by atoms with E-state index >= 15 is 0 Å². The molecule has 0 fully saturated rings. The molecule has 146 valence electrons. The van der Waals surface area contributed by atoms with Gasteiger partial charge in [0.2, 0.25) is 0 Å². The van der Waals surface area contributed by atoms with Crippen molar-refractivity contribution in [2.75, 3.05) is 13.7 Å². The summed E-state index contributed by atoms with van der Waals surface area (Å²) in [6.07, 6.45) is 0.586. The fraction of sp³-hybridized carbons (Fsp3) is 0.250. The molecule has 0 saturated heterocycles. The van der Waals surface area contributed by atoms with Crippen molar-refractivity contribution in [3.63, 3.8) is 0 Å². The molecule has 1 heterocycles. The quantitative estimate of drug-likeness (QED) is 0.537. The monoisotopic (exact) mass is 420 g/mol. The molecular formula is C20H18ClFN2O3S. The molecule has 3 rings (SSSR count). The number of halogens is 2. The number of aryl methyl sites for hydroxylation is 1. The number of likely N-dealkylation sites (N-methyl/N-ethyl adjacent to an activating group) is 1. The van der Waals surface area contributed by atoms with Crippen molar-refractivity contribution < 1.29 is 18.7 Å². The minimum absolute atomic E-state index is 0.00635. The molecule has 0 spiro atoms. The van der Waals surface area contributed by atoms with Crippen LogP contribution in [0, 0.1) is 5.82 Å². The third kappa shape index (κ3) is 5.05. The first-order valence-corrected chi connectivity index (χ1v) is 9.80. The second-order valence-electron chi connectivity index (χ2n) is 6.19. The predicted octanol–water partition coefficient (Wildman–Crippen LogP) is 4.22. The van der Waals surface area contributed by atoms with Crippen LogP contribution in [0.15, 0.2) is 42.5 Å². The van der Waals surface area contributed by atoms with Crippen molar-refractivity contribution in [2.24, 2.45) is 0 Å². The lowest BCUT2D eigenvalue weighted by atomic mass is 10.2. The van der Waals surface area contributed by atoms with Crippen LogP contribution in [-0.4, -0.2) is 35.4 Å². The van der Waals surface area contributed by atoms with Crippen LogP contribution in [0.3, 0.4) is 0 Å². The van der Waals surface area contributed by atoms with Crippen LogP contribution in [0.2, 0.25) is 5.02 Å². The van der Waals surface area contributed by atoms with E-state index in [0.29, 0.717) is 6.42 Å². The molecule has 0 aliphatic heterocycles. The van der Waals surface area contributed by atoms with Crippen molar-refractivity contribution in [3.8, 4) is 0 Å². The summed E-state index contributed by atoms with van der Waals surface area (Å²) in [5.74, 6) is -1.41. The fourth-order valence-corrected chi connectivity index (χ4v) is 3.76. The van der Waals surface area contributed by atoms with Crippen molar-refractivity contribution in [3.05, 3.63) is 63.9 Å². The Labute approximate surface area is 170 Å². The summed E-state index contributed by atoms with van der Waals surface area (Å²) in [6.45, 7) is -0.408. The molecule has 0 aliphatic rings. The Bertz CT molecular complexity index is 955. The highest BCUT2D eigenvalue weighted by atomic mass is 35.5. The van der Waals surface area contributed by atoms with Crippen molar-refractivity contribution in [2.45, 2.75) is 19.4 Å². The van der Waals surface area contributed by atoms with Gasteiger partial charge in [-0.05, 0) is 24.3 Å². The van der Waals surface area contributed by atoms with Gasteiger partial charge < -0.3 is 9.64 Å². The number of carbonyl (C=O) groups excluding carboxylic acids is 2. The zero-order valence-electron chi connectivity index (χ0n) is 15.2. The molecule has 0 atom stereocenters. The minimum atomic E-state index is -0.486. The van der Waals surface area contributed by atoms with Crippen molar-refractivity contribution in [1.29, 1.82) is 0 Å². The lowest BCUT2D eigenvalue weighted by molar-refractivity contribution is -0.151. The van der Waals surface area contributed by atoms with Crippen LogP contribution in [-0.2, 0) is 27.3 Å². The van der Waals surface area contributed by atoms with E-state index in [4.69, 9.17) is 16.3 Å². The van der Waals surface area contributed by atoms with Crippen LogP contribution in [0.4, 0.5) is 4.39 Å². The molecule has 8 heteroatoms. The van der Waals surface area contributed by atoms with Gasteiger partial charge in [-0.3, -0.25) is 9.59 Å². The Balaban J connectivity index is 1.46. The molecule has 0 N–H and O–H groups in total. The maximum absolute atomic E-state index is 13.8. The molecule has 0 aliphatic carbocycles. The van der Waals surface area contributed by atoms with Crippen molar-refractivity contribution >= 4 is 45.0 Å². The molecular weight excluding hydrogens is 403 g/mol. The minimum Gasteiger partial charge on any atom is -0.456 e. The highest BCUT2D eigenvalue weighted by Crippen LogP contribution is 2.23. The normalized spacial score (nSPS) is 10.8. The van der Waals surface area contributed by atoms with E-state index in [9.17, 15) is 14.0 Å². The average molecular weight is 421 g/mol. The Kier molecular flexibility index (Phi) is 6.59. The number of amides is 1. The summed E-state index contributed by atoms with van der Waals surface area (Å²) in [7, 11) is 1.50. The average Bonchev–Trinajstić information content (AvgIpc) is 3.10. The van der Waals surface area contributed by atoms with Gasteiger partial charge in [0.1, 0.15) is 5.82 Å². The van der Waals surface area contributed by atoms with E-state index in [2.05, 4.69) is 4.98 Å². The summed E-state index contributed by atoms with van der Waals surface area (Å²) < 4.78 is 19.9. The van der Waals surface area contributed by atoms with Crippen LogP contribution in [0.5, 0.6) is 0 Å². The summed E-state index contributed by atoms with van der Waals surface area (Å²) in [6, 6.07) is 12.1. The first kappa shape index (κ1) is 20.2. The summed E-state index contributed by atoms with van der Waals surface area (Å²) >= 11 is 7.50. The SMILES string of the molecule is CN(Cc1c(F)cccc1Cl)C(=O)COC(=O)CCc1nc2ccccc2s1. The number of rotatable bonds is 7. The van der Waals surface area contributed by atoms with E-state index in [1.54, 1.807) is 6.07 Å². The second-order valence-corrected chi connectivity index (χ2v) is 7.71.